The highest BCUT2D eigenvalue weighted by Crippen LogP contribution is 2.44. The second kappa shape index (κ2) is 7.38. The van der Waals surface area contributed by atoms with Gasteiger partial charge in [0.2, 0.25) is 5.91 Å². The van der Waals surface area contributed by atoms with E-state index in [0.29, 0.717) is 35.8 Å². The topological polar surface area (TPSA) is 84.9 Å². The molecule has 3 aliphatic rings. The molecule has 2 heterocycles. The lowest BCUT2D eigenvalue weighted by atomic mass is 9.87. The normalized spacial score (nSPS) is 19.6. The van der Waals surface area contributed by atoms with E-state index in [1.807, 2.05) is 36.4 Å². The van der Waals surface area contributed by atoms with Gasteiger partial charge in [-0.2, -0.15) is 0 Å². The standard InChI is InChI=1S/C25H24N2O5S/c28-23(16-27-19-7-3-5-17-6-4-8-22(24(17)19)33(27,29)30)26-25(11-1-2-12-25)18-9-10-20-21(15-18)32-14-13-31-20/h3-10,15H,1-2,11-14,16H2,(H,26,28). The number of nitrogens with one attached hydrogen (secondary N) is 1. The Morgan fingerprint density at radius 2 is 1.70 bits per heavy atom. The van der Waals surface area contributed by atoms with Crippen molar-refractivity contribution in [3.63, 3.8) is 0 Å². The summed E-state index contributed by atoms with van der Waals surface area (Å²) < 4.78 is 39.1. The molecule has 1 fully saturated rings. The van der Waals surface area contributed by atoms with Gasteiger partial charge in [-0.3, -0.25) is 9.10 Å². The van der Waals surface area contributed by atoms with Crippen molar-refractivity contribution in [2.24, 2.45) is 0 Å². The van der Waals surface area contributed by atoms with Crippen molar-refractivity contribution in [3.8, 4) is 11.5 Å². The van der Waals surface area contributed by atoms with Gasteiger partial charge in [0.25, 0.3) is 10.0 Å². The molecular weight excluding hydrogens is 440 g/mol. The third kappa shape index (κ3) is 3.15. The molecule has 3 aromatic carbocycles. The molecule has 7 nitrogen and oxygen atoms in total. The number of nitrogens with zero attached hydrogens (tertiary/aromatic N) is 1. The van der Waals surface area contributed by atoms with Gasteiger partial charge in [-0.1, -0.05) is 43.2 Å². The predicted molar refractivity (Wildman–Crippen MR) is 124 cm³/mol. The lowest BCUT2D eigenvalue weighted by Crippen LogP contribution is -2.48. The van der Waals surface area contributed by atoms with E-state index in [1.54, 1.807) is 18.2 Å². The number of anilines is 1. The van der Waals surface area contributed by atoms with E-state index < -0.39 is 15.6 Å². The van der Waals surface area contributed by atoms with Crippen LogP contribution in [0.5, 0.6) is 11.5 Å². The van der Waals surface area contributed by atoms with Crippen molar-refractivity contribution in [2.45, 2.75) is 36.1 Å². The minimum absolute atomic E-state index is 0.255. The average molecular weight is 465 g/mol. The second-order valence-electron chi connectivity index (χ2n) is 8.84. The highest BCUT2D eigenvalue weighted by Gasteiger charge is 2.41. The SMILES string of the molecule is O=C(CN1c2cccc3cccc(c23)S1(=O)=O)NC1(c2ccc3c(c2)OCCO3)CCCC1. The number of amides is 1. The maximum atomic E-state index is 13.3. The van der Waals surface area contributed by atoms with E-state index in [2.05, 4.69) is 5.32 Å². The molecule has 1 N–H and O–H groups in total. The first kappa shape index (κ1) is 20.4. The quantitative estimate of drug-likeness (QED) is 0.636. The van der Waals surface area contributed by atoms with Gasteiger partial charge >= 0.3 is 0 Å². The van der Waals surface area contributed by atoms with E-state index in [4.69, 9.17) is 9.47 Å². The first-order valence-corrected chi connectivity index (χ1v) is 12.7. The zero-order chi connectivity index (χ0) is 22.6. The van der Waals surface area contributed by atoms with Crippen LogP contribution in [0.3, 0.4) is 0 Å². The van der Waals surface area contributed by atoms with Gasteiger partial charge in [-0.15, -0.1) is 0 Å². The Labute approximate surface area is 192 Å². The minimum Gasteiger partial charge on any atom is -0.486 e. The highest BCUT2D eigenvalue weighted by molar-refractivity contribution is 7.93. The van der Waals surface area contributed by atoms with Crippen LogP contribution in [0.15, 0.2) is 59.5 Å². The molecular formula is C25H24N2O5S. The van der Waals surface area contributed by atoms with E-state index in [9.17, 15) is 13.2 Å². The van der Waals surface area contributed by atoms with Crippen LogP contribution in [0.4, 0.5) is 5.69 Å². The van der Waals surface area contributed by atoms with Crippen LogP contribution < -0.4 is 19.1 Å². The second-order valence-corrected chi connectivity index (χ2v) is 10.7. The molecule has 33 heavy (non-hydrogen) atoms. The van der Waals surface area contributed by atoms with Crippen LogP contribution in [0.2, 0.25) is 0 Å². The first-order valence-electron chi connectivity index (χ1n) is 11.2. The first-order chi connectivity index (χ1) is 16.0. The molecule has 0 radical (unpaired) electrons. The summed E-state index contributed by atoms with van der Waals surface area (Å²) in [6, 6.07) is 16.5. The Hall–Kier alpha value is -3.26. The Morgan fingerprint density at radius 3 is 2.48 bits per heavy atom. The molecule has 170 valence electrons. The van der Waals surface area contributed by atoms with Gasteiger partial charge in [0.1, 0.15) is 19.8 Å². The molecule has 1 saturated carbocycles. The van der Waals surface area contributed by atoms with Gasteiger partial charge in [-0.05, 0) is 48.1 Å². The third-order valence-corrected chi connectivity index (χ3v) is 8.70. The number of benzene rings is 3. The number of sulfonamides is 1. The fraction of sp³-hybridized carbons (Fsp3) is 0.320. The average Bonchev–Trinajstić information content (AvgIpc) is 3.38. The van der Waals surface area contributed by atoms with Gasteiger partial charge in [-0.25, -0.2) is 8.42 Å². The van der Waals surface area contributed by atoms with Crippen LogP contribution in [0, 0.1) is 0 Å². The summed E-state index contributed by atoms with van der Waals surface area (Å²) in [5.41, 5.74) is 0.972. The Morgan fingerprint density at radius 1 is 0.970 bits per heavy atom. The summed E-state index contributed by atoms with van der Waals surface area (Å²) in [7, 11) is -3.79. The highest BCUT2D eigenvalue weighted by atomic mass is 32.2. The van der Waals surface area contributed by atoms with Crippen molar-refractivity contribution < 1.29 is 22.7 Å². The molecule has 3 aromatic rings. The van der Waals surface area contributed by atoms with E-state index in [1.165, 1.54) is 4.31 Å². The predicted octanol–water partition coefficient (Wildman–Crippen LogP) is 3.71. The zero-order valence-corrected chi connectivity index (χ0v) is 18.9. The molecule has 6 rings (SSSR count). The summed E-state index contributed by atoms with van der Waals surface area (Å²) in [4.78, 5) is 13.6. The molecule has 0 spiro atoms. The molecule has 0 unspecified atom stereocenters. The van der Waals surface area contributed by atoms with Crippen LogP contribution in [0.1, 0.15) is 31.2 Å². The number of rotatable bonds is 4. The number of hydrogen-bond acceptors (Lipinski definition) is 5. The number of carbonyl (C=O) groups is 1. The summed E-state index contributed by atoms with van der Waals surface area (Å²) in [5, 5.41) is 4.72. The van der Waals surface area contributed by atoms with Crippen LogP contribution in [-0.2, 0) is 20.4 Å². The van der Waals surface area contributed by atoms with E-state index in [-0.39, 0.29) is 17.3 Å². The summed E-state index contributed by atoms with van der Waals surface area (Å²) in [6.45, 7) is 0.755. The Kier molecular flexibility index (Phi) is 4.55. The maximum Gasteiger partial charge on any atom is 0.265 e. The molecule has 1 amide bonds. The van der Waals surface area contributed by atoms with Crippen LogP contribution in [0.25, 0.3) is 10.8 Å². The van der Waals surface area contributed by atoms with Crippen molar-refractivity contribution in [1.29, 1.82) is 0 Å². The lowest BCUT2D eigenvalue weighted by molar-refractivity contribution is -0.121. The largest absolute Gasteiger partial charge is 0.486 e. The fourth-order valence-corrected chi connectivity index (χ4v) is 7.04. The number of fused-ring (bicyclic) bond motifs is 1. The Bertz CT molecular complexity index is 1370. The monoisotopic (exact) mass is 464 g/mol. The van der Waals surface area contributed by atoms with Crippen molar-refractivity contribution in [1.82, 2.24) is 5.32 Å². The lowest BCUT2D eigenvalue weighted by Gasteiger charge is -2.33. The van der Waals surface area contributed by atoms with Crippen molar-refractivity contribution >= 4 is 32.4 Å². The summed E-state index contributed by atoms with van der Waals surface area (Å²) in [6.07, 6.45) is 3.56. The van der Waals surface area contributed by atoms with E-state index in [0.717, 1.165) is 36.6 Å². The molecule has 8 heteroatoms. The zero-order valence-electron chi connectivity index (χ0n) is 18.0. The third-order valence-electron chi connectivity index (χ3n) is 6.90. The molecule has 0 saturated heterocycles. The van der Waals surface area contributed by atoms with Crippen LogP contribution >= 0.6 is 0 Å². The molecule has 1 aliphatic carbocycles. The number of ether oxygens (including phenoxy) is 2. The number of hydrogen-bond donors (Lipinski definition) is 1. The molecule has 0 atom stereocenters. The molecule has 0 bridgehead atoms. The molecule has 0 aromatic heterocycles. The van der Waals surface area contributed by atoms with Gasteiger partial charge in [0.05, 0.1) is 16.1 Å². The van der Waals surface area contributed by atoms with Gasteiger partial charge in [0, 0.05) is 5.39 Å². The van der Waals surface area contributed by atoms with Crippen LogP contribution in [-0.4, -0.2) is 34.1 Å². The number of carbonyl (C=O) groups excluding carboxylic acids is 1. The van der Waals surface area contributed by atoms with Crippen molar-refractivity contribution in [2.75, 3.05) is 24.1 Å². The summed E-state index contributed by atoms with van der Waals surface area (Å²) >= 11 is 0. The Balaban J connectivity index is 1.31. The summed E-state index contributed by atoms with van der Waals surface area (Å²) in [5.74, 6) is 1.07. The smallest absolute Gasteiger partial charge is 0.265 e. The van der Waals surface area contributed by atoms with Gasteiger partial charge < -0.3 is 14.8 Å². The van der Waals surface area contributed by atoms with Crippen molar-refractivity contribution in [3.05, 3.63) is 60.2 Å². The fourth-order valence-electron chi connectivity index (χ4n) is 5.37. The molecule has 2 aliphatic heterocycles. The van der Waals surface area contributed by atoms with Gasteiger partial charge in [0.15, 0.2) is 11.5 Å². The maximum absolute atomic E-state index is 13.3. The minimum atomic E-state index is -3.79. The van der Waals surface area contributed by atoms with E-state index >= 15 is 0 Å².